The van der Waals surface area contributed by atoms with Crippen molar-refractivity contribution in [3.8, 4) is 0 Å². The van der Waals surface area contributed by atoms with Crippen LogP contribution < -0.4 is 5.32 Å². The van der Waals surface area contributed by atoms with Crippen molar-refractivity contribution in [2.24, 2.45) is 7.05 Å². The summed E-state index contributed by atoms with van der Waals surface area (Å²) in [6, 6.07) is 7.98. The zero-order chi connectivity index (χ0) is 13.1. The number of rotatable bonds is 5. The van der Waals surface area contributed by atoms with Gasteiger partial charge in [0, 0.05) is 13.6 Å². The quantitative estimate of drug-likeness (QED) is 0.725. The van der Waals surface area contributed by atoms with Crippen LogP contribution >= 0.6 is 0 Å². The molecule has 2 unspecified atom stereocenters. The van der Waals surface area contributed by atoms with E-state index < -0.39 is 6.10 Å². The Hall–Kier alpha value is -1.43. The number of nitrogens with one attached hydrogen (secondary N) is 1. The number of hydrogen-bond donors (Lipinski definition) is 3. The zero-order valence-electron chi connectivity index (χ0n) is 10.7. The Labute approximate surface area is 106 Å². The molecule has 5 heteroatoms. The topological polar surface area (TPSA) is 70.3 Å². The molecule has 0 aliphatic heterocycles. The van der Waals surface area contributed by atoms with E-state index in [1.807, 2.05) is 42.8 Å². The van der Waals surface area contributed by atoms with E-state index in [1.165, 1.54) is 0 Å². The van der Waals surface area contributed by atoms with E-state index in [0.717, 1.165) is 16.9 Å². The van der Waals surface area contributed by atoms with E-state index >= 15 is 0 Å². The third kappa shape index (κ3) is 2.53. The molecule has 0 amide bonds. The number of hydrogen-bond acceptors (Lipinski definition) is 4. The van der Waals surface area contributed by atoms with E-state index in [2.05, 4.69) is 10.3 Å². The van der Waals surface area contributed by atoms with Gasteiger partial charge in [-0.3, -0.25) is 0 Å². The Bertz CT molecular complexity index is 524. The fourth-order valence-corrected chi connectivity index (χ4v) is 2.02. The lowest BCUT2D eigenvalue weighted by Crippen LogP contribution is -2.32. The highest BCUT2D eigenvalue weighted by Gasteiger charge is 2.14. The molecule has 1 aromatic heterocycles. The lowest BCUT2D eigenvalue weighted by molar-refractivity contribution is 0.0920. The maximum absolute atomic E-state index is 9.32. The highest BCUT2D eigenvalue weighted by molar-refractivity contribution is 5.75. The number of aromatic nitrogens is 2. The highest BCUT2D eigenvalue weighted by Crippen LogP contribution is 2.18. The summed E-state index contributed by atoms with van der Waals surface area (Å²) in [4.78, 5) is 4.57. The van der Waals surface area contributed by atoms with Crippen LogP contribution in [0.25, 0.3) is 11.0 Å². The second-order valence-corrected chi connectivity index (χ2v) is 4.48. The zero-order valence-corrected chi connectivity index (χ0v) is 10.7. The van der Waals surface area contributed by atoms with Crippen LogP contribution in [0.3, 0.4) is 0 Å². The fraction of sp³-hybridized carbons (Fsp3) is 0.462. The first kappa shape index (κ1) is 13.0. The molecular formula is C13H19N3O2. The van der Waals surface area contributed by atoms with Gasteiger partial charge in [-0.25, -0.2) is 4.98 Å². The van der Waals surface area contributed by atoms with E-state index in [-0.39, 0.29) is 12.6 Å². The molecule has 0 bridgehead atoms. The first-order chi connectivity index (χ1) is 8.63. The second kappa shape index (κ2) is 5.48. The smallest absolute Gasteiger partial charge is 0.126 e. The van der Waals surface area contributed by atoms with Crippen LogP contribution in [0.2, 0.25) is 0 Å². The van der Waals surface area contributed by atoms with Crippen LogP contribution in [0.1, 0.15) is 18.8 Å². The number of benzene rings is 1. The first-order valence-corrected chi connectivity index (χ1v) is 6.07. The van der Waals surface area contributed by atoms with Gasteiger partial charge in [-0.2, -0.15) is 0 Å². The fourth-order valence-electron chi connectivity index (χ4n) is 2.02. The van der Waals surface area contributed by atoms with Crippen molar-refractivity contribution in [3.63, 3.8) is 0 Å². The van der Waals surface area contributed by atoms with Crippen LogP contribution in [0.5, 0.6) is 0 Å². The van der Waals surface area contributed by atoms with Gasteiger partial charge >= 0.3 is 0 Å². The summed E-state index contributed by atoms with van der Waals surface area (Å²) in [7, 11) is 1.98. The molecule has 0 saturated carbocycles. The van der Waals surface area contributed by atoms with Gasteiger partial charge in [-0.1, -0.05) is 12.1 Å². The lowest BCUT2D eigenvalue weighted by Gasteiger charge is -2.15. The minimum absolute atomic E-state index is 0.0172. The number of nitrogens with zero attached hydrogens (tertiary/aromatic N) is 2. The standard InChI is InChI=1S/C13H19N3O2/c1-9(14-7-10(18)8-17)13-15-11-5-3-4-6-12(11)16(13)2/h3-6,9-10,14,17-18H,7-8H2,1-2H3. The van der Waals surface area contributed by atoms with Crippen LogP contribution in [0, 0.1) is 0 Å². The molecule has 0 saturated heterocycles. The van der Waals surface area contributed by atoms with Crippen LogP contribution in [-0.2, 0) is 7.05 Å². The monoisotopic (exact) mass is 249 g/mol. The van der Waals surface area contributed by atoms with E-state index in [4.69, 9.17) is 5.11 Å². The summed E-state index contributed by atoms with van der Waals surface area (Å²) in [5, 5.41) is 21.3. The van der Waals surface area contributed by atoms with Crippen LogP contribution in [0.4, 0.5) is 0 Å². The summed E-state index contributed by atoms with van der Waals surface area (Å²) in [5.74, 6) is 0.918. The summed E-state index contributed by atoms with van der Waals surface area (Å²) in [6.07, 6.45) is -0.734. The molecule has 2 rings (SSSR count). The Balaban J connectivity index is 2.17. The Morgan fingerprint density at radius 2 is 2.11 bits per heavy atom. The molecular weight excluding hydrogens is 230 g/mol. The molecule has 0 aliphatic rings. The molecule has 0 aliphatic carbocycles. The van der Waals surface area contributed by atoms with E-state index in [9.17, 15) is 5.11 Å². The van der Waals surface area contributed by atoms with Gasteiger partial charge in [-0.05, 0) is 19.1 Å². The van der Waals surface area contributed by atoms with E-state index in [1.54, 1.807) is 0 Å². The summed E-state index contributed by atoms with van der Waals surface area (Å²) in [5.41, 5.74) is 2.05. The third-order valence-corrected chi connectivity index (χ3v) is 3.08. The van der Waals surface area contributed by atoms with Gasteiger partial charge in [0.15, 0.2) is 0 Å². The minimum atomic E-state index is -0.734. The molecule has 0 spiro atoms. The summed E-state index contributed by atoms with van der Waals surface area (Å²) in [6.45, 7) is 2.11. The van der Waals surface area contributed by atoms with Crippen molar-refractivity contribution < 1.29 is 10.2 Å². The minimum Gasteiger partial charge on any atom is -0.394 e. The molecule has 0 radical (unpaired) electrons. The summed E-state index contributed by atoms with van der Waals surface area (Å²) >= 11 is 0. The van der Waals surface area contributed by atoms with E-state index in [0.29, 0.717) is 6.54 Å². The summed E-state index contributed by atoms with van der Waals surface area (Å²) < 4.78 is 2.04. The molecule has 1 heterocycles. The molecule has 18 heavy (non-hydrogen) atoms. The molecule has 0 fully saturated rings. The predicted octanol–water partition coefficient (Wildman–Crippen LogP) is 0.577. The lowest BCUT2D eigenvalue weighted by atomic mass is 10.3. The maximum atomic E-state index is 9.32. The number of para-hydroxylation sites is 2. The van der Waals surface area contributed by atoms with Crippen molar-refractivity contribution in [3.05, 3.63) is 30.1 Å². The molecule has 98 valence electrons. The highest BCUT2D eigenvalue weighted by atomic mass is 16.3. The Kier molecular flexibility index (Phi) is 3.96. The number of aryl methyl sites for hydroxylation is 1. The number of fused-ring (bicyclic) bond motifs is 1. The average Bonchev–Trinajstić information content (AvgIpc) is 2.73. The molecule has 5 nitrogen and oxygen atoms in total. The normalized spacial score (nSPS) is 14.9. The number of aliphatic hydroxyl groups excluding tert-OH is 2. The van der Waals surface area contributed by atoms with Crippen molar-refractivity contribution in [2.45, 2.75) is 19.1 Å². The van der Waals surface area contributed by atoms with Gasteiger partial charge in [0.05, 0.1) is 29.8 Å². The van der Waals surface area contributed by atoms with Gasteiger partial charge in [-0.15, -0.1) is 0 Å². The molecule has 2 atom stereocenters. The molecule has 3 N–H and O–H groups in total. The third-order valence-electron chi connectivity index (χ3n) is 3.08. The van der Waals surface area contributed by atoms with Gasteiger partial charge in [0.1, 0.15) is 5.82 Å². The van der Waals surface area contributed by atoms with Crippen molar-refractivity contribution in [1.29, 1.82) is 0 Å². The van der Waals surface area contributed by atoms with Crippen LogP contribution in [0.15, 0.2) is 24.3 Å². The van der Waals surface area contributed by atoms with Gasteiger partial charge in [0.2, 0.25) is 0 Å². The van der Waals surface area contributed by atoms with Gasteiger partial charge < -0.3 is 20.1 Å². The number of imidazole rings is 1. The second-order valence-electron chi connectivity index (χ2n) is 4.48. The SMILES string of the molecule is CC(NCC(O)CO)c1nc2ccccc2n1C. The first-order valence-electron chi connectivity index (χ1n) is 6.07. The maximum Gasteiger partial charge on any atom is 0.126 e. The number of aliphatic hydroxyl groups is 2. The van der Waals surface area contributed by atoms with Crippen LogP contribution in [-0.4, -0.2) is 39.0 Å². The predicted molar refractivity (Wildman–Crippen MR) is 70.2 cm³/mol. The Morgan fingerprint density at radius 3 is 2.78 bits per heavy atom. The molecule has 1 aromatic carbocycles. The Morgan fingerprint density at radius 1 is 1.39 bits per heavy atom. The molecule has 2 aromatic rings. The van der Waals surface area contributed by atoms with Crippen molar-refractivity contribution in [2.75, 3.05) is 13.2 Å². The van der Waals surface area contributed by atoms with Gasteiger partial charge in [0.25, 0.3) is 0 Å². The largest absolute Gasteiger partial charge is 0.394 e. The van der Waals surface area contributed by atoms with Crippen molar-refractivity contribution >= 4 is 11.0 Å². The average molecular weight is 249 g/mol. The van der Waals surface area contributed by atoms with Crippen molar-refractivity contribution in [1.82, 2.24) is 14.9 Å².